The summed E-state index contributed by atoms with van der Waals surface area (Å²) in [5.41, 5.74) is 6.66. The molecule has 3 N–H and O–H groups in total. The third kappa shape index (κ3) is 3.83. The molecule has 1 amide bonds. The van der Waals surface area contributed by atoms with Crippen molar-refractivity contribution >= 4 is 11.6 Å². The molecule has 0 aromatic carbocycles. The molecule has 1 saturated carbocycles. The lowest BCUT2D eigenvalue weighted by molar-refractivity contribution is -0.117. The predicted molar refractivity (Wildman–Crippen MR) is 79.8 cm³/mol. The van der Waals surface area contributed by atoms with Crippen LogP contribution in [0.15, 0.2) is 12.4 Å². The van der Waals surface area contributed by atoms with Crippen molar-refractivity contribution in [2.75, 3.05) is 11.9 Å². The van der Waals surface area contributed by atoms with Crippen molar-refractivity contribution in [1.29, 1.82) is 0 Å². The number of carbonyl (C=O) groups excluding carboxylic acids is 1. The number of rotatable bonds is 5. The third-order valence-electron chi connectivity index (χ3n) is 4.44. The molecule has 1 atom stereocenters. The Labute approximate surface area is 125 Å². The molecule has 21 heavy (non-hydrogen) atoms. The van der Waals surface area contributed by atoms with Crippen molar-refractivity contribution in [2.45, 2.75) is 63.1 Å². The minimum absolute atomic E-state index is 0.0175. The van der Waals surface area contributed by atoms with E-state index in [1.54, 1.807) is 6.20 Å². The van der Waals surface area contributed by atoms with Gasteiger partial charge >= 0.3 is 0 Å². The molecule has 1 aromatic rings. The van der Waals surface area contributed by atoms with Crippen LogP contribution in [0.4, 0.5) is 5.69 Å². The summed E-state index contributed by atoms with van der Waals surface area (Å²) in [4.78, 5) is 12.1. The van der Waals surface area contributed by atoms with E-state index in [1.807, 2.05) is 10.9 Å². The predicted octanol–water partition coefficient (Wildman–Crippen LogP) is 1.66. The average molecular weight is 292 g/mol. The number of hydrogen-bond acceptors (Lipinski definition) is 4. The van der Waals surface area contributed by atoms with Crippen LogP contribution in [0.2, 0.25) is 0 Å². The Hall–Kier alpha value is -1.40. The number of nitrogens with two attached hydrogens (primary N) is 1. The molecule has 0 radical (unpaired) electrons. The van der Waals surface area contributed by atoms with Crippen molar-refractivity contribution in [3.8, 4) is 0 Å². The second kappa shape index (κ2) is 6.15. The van der Waals surface area contributed by atoms with E-state index < -0.39 is 0 Å². The fourth-order valence-electron chi connectivity index (χ4n) is 3.31. The highest BCUT2D eigenvalue weighted by molar-refractivity contribution is 5.91. The van der Waals surface area contributed by atoms with Crippen molar-refractivity contribution < 1.29 is 9.53 Å². The van der Waals surface area contributed by atoms with E-state index in [2.05, 4.69) is 10.4 Å². The van der Waals surface area contributed by atoms with E-state index in [9.17, 15) is 4.79 Å². The second-order valence-electron chi connectivity index (χ2n) is 6.38. The Morgan fingerprint density at radius 2 is 2.29 bits per heavy atom. The molecule has 1 saturated heterocycles. The molecule has 1 aliphatic carbocycles. The zero-order valence-electron chi connectivity index (χ0n) is 12.4. The van der Waals surface area contributed by atoms with Crippen LogP contribution < -0.4 is 11.1 Å². The Morgan fingerprint density at radius 1 is 1.48 bits per heavy atom. The monoisotopic (exact) mass is 292 g/mol. The van der Waals surface area contributed by atoms with Crippen LogP contribution in [-0.2, 0) is 16.1 Å². The molecule has 6 nitrogen and oxygen atoms in total. The lowest BCUT2D eigenvalue weighted by Crippen LogP contribution is -2.40. The zero-order valence-corrected chi connectivity index (χ0v) is 12.4. The number of hydrogen-bond donors (Lipinski definition) is 2. The number of amides is 1. The van der Waals surface area contributed by atoms with Crippen LogP contribution in [0.25, 0.3) is 0 Å². The first-order chi connectivity index (χ1) is 10.1. The standard InChI is InChI=1S/C15H24N4O2/c16-15(5-1-2-6-15)8-14(20)18-12-9-17-19(10-12)11-13-4-3-7-21-13/h9-10,13H,1-8,11,16H2,(H,18,20). The van der Waals surface area contributed by atoms with Gasteiger partial charge < -0.3 is 15.8 Å². The largest absolute Gasteiger partial charge is 0.376 e. The van der Waals surface area contributed by atoms with Crippen LogP contribution in [0.3, 0.4) is 0 Å². The second-order valence-corrected chi connectivity index (χ2v) is 6.38. The lowest BCUT2D eigenvalue weighted by atomic mass is 9.94. The Morgan fingerprint density at radius 3 is 3.00 bits per heavy atom. The van der Waals surface area contributed by atoms with Gasteiger partial charge in [-0.2, -0.15) is 5.10 Å². The van der Waals surface area contributed by atoms with Gasteiger partial charge in [0.2, 0.25) is 5.91 Å². The number of aromatic nitrogens is 2. The molecular weight excluding hydrogens is 268 g/mol. The summed E-state index contributed by atoms with van der Waals surface area (Å²) in [5, 5.41) is 7.17. The number of anilines is 1. The molecule has 3 rings (SSSR count). The minimum Gasteiger partial charge on any atom is -0.376 e. The van der Waals surface area contributed by atoms with Crippen LogP contribution >= 0.6 is 0 Å². The van der Waals surface area contributed by atoms with Crippen molar-refractivity contribution in [3.05, 3.63) is 12.4 Å². The maximum Gasteiger partial charge on any atom is 0.226 e. The number of nitrogens with zero attached hydrogens (tertiary/aromatic N) is 2. The topological polar surface area (TPSA) is 82.2 Å². The Kier molecular flexibility index (Phi) is 4.26. The van der Waals surface area contributed by atoms with E-state index in [4.69, 9.17) is 10.5 Å². The SMILES string of the molecule is NC1(CC(=O)Nc2cnn(CC3CCCO3)c2)CCCC1. The fourth-order valence-corrected chi connectivity index (χ4v) is 3.31. The third-order valence-corrected chi connectivity index (χ3v) is 4.44. The summed E-state index contributed by atoms with van der Waals surface area (Å²) in [6, 6.07) is 0. The van der Waals surface area contributed by atoms with Gasteiger partial charge in [-0.15, -0.1) is 0 Å². The van der Waals surface area contributed by atoms with Gasteiger partial charge in [0.1, 0.15) is 0 Å². The van der Waals surface area contributed by atoms with Crippen LogP contribution in [-0.4, -0.2) is 33.9 Å². The highest BCUT2D eigenvalue weighted by Crippen LogP contribution is 2.30. The summed E-state index contributed by atoms with van der Waals surface area (Å²) in [6.07, 6.45) is 10.5. The molecule has 1 aliphatic heterocycles. The molecule has 0 bridgehead atoms. The minimum atomic E-state index is -0.308. The van der Waals surface area contributed by atoms with Gasteiger partial charge in [-0.1, -0.05) is 12.8 Å². The van der Waals surface area contributed by atoms with Crippen molar-refractivity contribution in [2.24, 2.45) is 5.73 Å². The molecule has 2 fully saturated rings. The van der Waals surface area contributed by atoms with E-state index in [-0.39, 0.29) is 17.6 Å². The first-order valence-electron chi connectivity index (χ1n) is 7.86. The fraction of sp³-hybridized carbons (Fsp3) is 0.733. The molecule has 6 heteroatoms. The first kappa shape index (κ1) is 14.5. The number of nitrogens with one attached hydrogen (secondary N) is 1. The van der Waals surface area contributed by atoms with Crippen molar-refractivity contribution in [1.82, 2.24) is 9.78 Å². The molecule has 1 aromatic heterocycles. The maximum absolute atomic E-state index is 12.1. The molecule has 0 spiro atoms. The van der Waals surface area contributed by atoms with Gasteiger partial charge in [0.25, 0.3) is 0 Å². The van der Waals surface area contributed by atoms with Gasteiger partial charge in [-0.3, -0.25) is 9.48 Å². The van der Waals surface area contributed by atoms with E-state index >= 15 is 0 Å². The Bertz CT molecular complexity index is 488. The normalized spacial score (nSPS) is 24.3. The van der Waals surface area contributed by atoms with E-state index in [1.165, 1.54) is 0 Å². The van der Waals surface area contributed by atoms with Gasteiger partial charge in [0, 0.05) is 24.8 Å². The maximum atomic E-state index is 12.1. The molecular formula is C15H24N4O2. The van der Waals surface area contributed by atoms with Gasteiger partial charge in [-0.25, -0.2) is 0 Å². The van der Waals surface area contributed by atoms with Crippen LogP contribution in [0.1, 0.15) is 44.9 Å². The smallest absolute Gasteiger partial charge is 0.226 e. The van der Waals surface area contributed by atoms with Crippen LogP contribution in [0, 0.1) is 0 Å². The quantitative estimate of drug-likeness (QED) is 0.864. The van der Waals surface area contributed by atoms with E-state index in [0.717, 1.165) is 57.4 Å². The Balaban J connectivity index is 1.50. The van der Waals surface area contributed by atoms with Gasteiger partial charge in [0.15, 0.2) is 0 Å². The number of ether oxygens (including phenoxy) is 1. The lowest BCUT2D eigenvalue weighted by Gasteiger charge is -2.22. The summed E-state index contributed by atoms with van der Waals surface area (Å²) >= 11 is 0. The van der Waals surface area contributed by atoms with Crippen molar-refractivity contribution in [3.63, 3.8) is 0 Å². The van der Waals surface area contributed by atoms with Gasteiger partial charge in [0.05, 0.1) is 24.5 Å². The zero-order chi connectivity index (χ0) is 14.7. The summed E-state index contributed by atoms with van der Waals surface area (Å²) in [7, 11) is 0. The summed E-state index contributed by atoms with van der Waals surface area (Å²) in [6.45, 7) is 1.59. The number of carbonyl (C=O) groups is 1. The highest BCUT2D eigenvalue weighted by Gasteiger charge is 2.31. The first-order valence-corrected chi connectivity index (χ1v) is 7.86. The van der Waals surface area contributed by atoms with Crippen LogP contribution in [0.5, 0.6) is 0 Å². The molecule has 2 heterocycles. The van der Waals surface area contributed by atoms with E-state index in [0.29, 0.717) is 6.42 Å². The summed E-state index contributed by atoms with van der Waals surface area (Å²) in [5.74, 6) is -0.0175. The molecule has 116 valence electrons. The highest BCUT2D eigenvalue weighted by atomic mass is 16.5. The average Bonchev–Trinajstić information content (AvgIpc) is 3.14. The summed E-state index contributed by atoms with van der Waals surface area (Å²) < 4.78 is 7.42. The van der Waals surface area contributed by atoms with Gasteiger partial charge in [-0.05, 0) is 25.7 Å². The molecule has 1 unspecified atom stereocenters. The molecule has 2 aliphatic rings.